The predicted octanol–water partition coefficient (Wildman–Crippen LogP) is 0.984. The Labute approximate surface area is 146 Å². The third kappa shape index (κ3) is 6.14. The second-order valence-electron chi connectivity index (χ2n) is 5.34. The molecule has 7 nitrogen and oxygen atoms in total. The average molecular weight is 374 g/mol. The Balaban J connectivity index is 2.93. The van der Waals surface area contributed by atoms with Gasteiger partial charge >= 0.3 is 5.97 Å². The number of hydrogen-bond donors (Lipinski definition) is 3. The van der Waals surface area contributed by atoms with E-state index in [0.29, 0.717) is 5.75 Å². The first-order valence-electron chi connectivity index (χ1n) is 7.28. The maximum atomic E-state index is 12.4. The van der Waals surface area contributed by atoms with Crippen LogP contribution in [0.2, 0.25) is 0 Å². The molecule has 1 unspecified atom stereocenters. The zero-order valence-corrected chi connectivity index (χ0v) is 15.4. The monoisotopic (exact) mass is 374 g/mol. The minimum Gasteiger partial charge on any atom is -0.480 e. The van der Waals surface area contributed by atoms with Gasteiger partial charge < -0.3 is 10.4 Å². The van der Waals surface area contributed by atoms with E-state index in [2.05, 4.69) is 10.0 Å². The number of aryl methyl sites for hydroxylation is 1. The Bertz CT molecular complexity index is 674. The van der Waals surface area contributed by atoms with Crippen molar-refractivity contribution in [1.29, 1.82) is 0 Å². The van der Waals surface area contributed by atoms with Crippen LogP contribution >= 0.6 is 11.8 Å². The number of carbonyl (C=O) groups excluding carboxylic acids is 1. The highest BCUT2D eigenvalue weighted by Gasteiger charge is 2.27. The van der Waals surface area contributed by atoms with Crippen LogP contribution in [0.4, 0.5) is 0 Å². The summed E-state index contributed by atoms with van der Waals surface area (Å²) >= 11 is 1.47. The average Bonchev–Trinajstić information content (AvgIpc) is 2.51. The summed E-state index contributed by atoms with van der Waals surface area (Å²) in [5.74, 6) is -1.29. The van der Waals surface area contributed by atoms with Crippen molar-refractivity contribution >= 4 is 33.7 Å². The lowest BCUT2D eigenvalue weighted by Gasteiger charge is -2.19. The van der Waals surface area contributed by atoms with Gasteiger partial charge in [-0.15, -0.1) is 0 Å². The third-order valence-corrected chi connectivity index (χ3v) is 5.42. The van der Waals surface area contributed by atoms with Crippen LogP contribution in [0.3, 0.4) is 0 Å². The van der Waals surface area contributed by atoms with Gasteiger partial charge in [-0.3, -0.25) is 9.59 Å². The Kier molecular flexibility index (Phi) is 7.71. The molecule has 134 valence electrons. The fourth-order valence-electron chi connectivity index (χ4n) is 1.83. The van der Waals surface area contributed by atoms with Gasteiger partial charge in [-0.1, -0.05) is 17.7 Å². The highest BCUT2D eigenvalue weighted by molar-refractivity contribution is 7.98. The summed E-state index contributed by atoms with van der Waals surface area (Å²) in [5.41, 5.74) is 0.918. The molecule has 0 heterocycles. The minimum atomic E-state index is -3.88. The van der Waals surface area contributed by atoms with Crippen LogP contribution in [0.25, 0.3) is 0 Å². The highest BCUT2D eigenvalue weighted by Crippen LogP contribution is 2.12. The molecule has 0 saturated heterocycles. The maximum Gasteiger partial charge on any atom is 0.325 e. The summed E-state index contributed by atoms with van der Waals surface area (Å²) in [6, 6.07) is 4.11. The molecule has 1 aromatic carbocycles. The SMILES string of the molecule is CSCCC(NS(=O)(=O)c1ccc(C)cc1)C(=O)N[C@H](C)C(=O)O. The van der Waals surface area contributed by atoms with Crippen molar-refractivity contribution in [2.24, 2.45) is 0 Å². The molecule has 0 bridgehead atoms. The number of amides is 1. The molecular formula is C15H22N2O5S2. The number of carbonyl (C=O) groups is 2. The van der Waals surface area contributed by atoms with Crippen molar-refractivity contribution in [3.8, 4) is 0 Å². The van der Waals surface area contributed by atoms with Gasteiger partial charge in [0.15, 0.2) is 0 Å². The van der Waals surface area contributed by atoms with E-state index in [9.17, 15) is 18.0 Å². The first-order chi connectivity index (χ1) is 11.2. The predicted molar refractivity (Wildman–Crippen MR) is 93.5 cm³/mol. The standard InChI is InChI=1S/C15H22N2O5S2/c1-10-4-6-12(7-5-10)24(21,22)17-13(8-9-23-3)14(18)16-11(2)15(19)20/h4-7,11,13,17H,8-9H2,1-3H3,(H,16,18)(H,19,20)/t11-,13?/m1/s1. The molecule has 0 aliphatic rings. The number of benzene rings is 1. The maximum absolute atomic E-state index is 12.4. The quantitative estimate of drug-likeness (QED) is 0.594. The molecule has 0 spiro atoms. The lowest BCUT2D eigenvalue weighted by atomic mass is 10.2. The molecule has 1 aromatic rings. The number of thioether (sulfide) groups is 1. The number of sulfonamides is 1. The van der Waals surface area contributed by atoms with Crippen molar-refractivity contribution < 1.29 is 23.1 Å². The number of hydrogen-bond acceptors (Lipinski definition) is 5. The van der Waals surface area contributed by atoms with Crippen LogP contribution in [0.15, 0.2) is 29.2 Å². The van der Waals surface area contributed by atoms with E-state index in [4.69, 9.17) is 5.11 Å². The fourth-order valence-corrected chi connectivity index (χ4v) is 3.53. The van der Waals surface area contributed by atoms with Crippen molar-refractivity contribution in [2.75, 3.05) is 12.0 Å². The molecule has 0 aromatic heterocycles. The van der Waals surface area contributed by atoms with Gasteiger partial charge in [0.05, 0.1) is 4.90 Å². The van der Waals surface area contributed by atoms with E-state index in [1.807, 2.05) is 13.2 Å². The van der Waals surface area contributed by atoms with E-state index in [1.165, 1.54) is 30.8 Å². The molecule has 3 N–H and O–H groups in total. The molecular weight excluding hydrogens is 352 g/mol. The molecule has 24 heavy (non-hydrogen) atoms. The van der Waals surface area contributed by atoms with Crippen molar-refractivity contribution in [2.45, 2.75) is 37.2 Å². The summed E-state index contributed by atoms with van der Waals surface area (Å²) in [6.07, 6.45) is 2.09. The topological polar surface area (TPSA) is 113 Å². The molecule has 9 heteroatoms. The van der Waals surface area contributed by atoms with Crippen LogP contribution in [0.1, 0.15) is 18.9 Å². The Morgan fingerprint density at radius 3 is 2.33 bits per heavy atom. The van der Waals surface area contributed by atoms with Crippen molar-refractivity contribution in [1.82, 2.24) is 10.0 Å². The first kappa shape index (κ1) is 20.5. The number of aliphatic carboxylic acids is 1. The normalized spacial score (nSPS) is 14.0. The van der Waals surface area contributed by atoms with Gasteiger partial charge in [0.1, 0.15) is 12.1 Å². The van der Waals surface area contributed by atoms with Crippen molar-refractivity contribution in [3.05, 3.63) is 29.8 Å². The Morgan fingerprint density at radius 2 is 1.83 bits per heavy atom. The lowest BCUT2D eigenvalue weighted by molar-refractivity contribution is -0.141. The van der Waals surface area contributed by atoms with Gasteiger partial charge in [-0.2, -0.15) is 16.5 Å². The molecule has 0 saturated carbocycles. The lowest BCUT2D eigenvalue weighted by Crippen LogP contribution is -2.50. The molecule has 2 atom stereocenters. The first-order valence-corrected chi connectivity index (χ1v) is 10.2. The number of carboxylic acid groups (broad SMARTS) is 1. The van der Waals surface area contributed by atoms with Gasteiger partial charge in [-0.05, 0) is 44.4 Å². The molecule has 0 radical (unpaired) electrons. The zero-order valence-electron chi connectivity index (χ0n) is 13.8. The third-order valence-electron chi connectivity index (χ3n) is 3.29. The second-order valence-corrected chi connectivity index (χ2v) is 8.04. The molecule has 0 aliphatic heterocycles. The van der Waals surface area contributed by atoms with E-state index in [1.54, 1.807) is 12.1 Å². The second kappa shape index (κ2) is 9.05. The van der Waals surface area contributed by atoms with Gasteiger partial charge in [0.25, 0.3) is 0 Å². The zero-order chi connectivity index (χ0) is 18.3. The Hall–Kier alpha value is -1.58. The van der Waals surface area contributed by atoms with E-state index in [0.717, 1.165) is 5.56 Å². The fraction of sp³-hybridized carbons (Fsp3) is 0.467. The van der Waals surface area contributed by atoms with Gasteiger partial charge in [0.2, 0.25) is 15.9 Å². The van der Waals surface area contributed by atoms with Crippen LogP contribution < -0.4 is 10.0 Å². The van der Waals surface area contributed by atoms with Crippen LogP contribution in [-0.2, 0) is 19.6 Å². The van der Waals surface area contributed by atoms with Crippen molar-refractivity contribution in [3.63, 3.8) is 0 Å². The summed E-state index contributed by atoms with van der Waals surface area (Å²) < 4.78 is 27.2. The van der Waals surface area contributed by atoms with Crippen LogP contribution in [0.5, 0.6) is 0 Å². The summed E-state index contributed by atoms with van der Waals surface area (Å²) in [4.78, 5) is 23.1. The van der Waals surface area contributed by atoms with Crippen LogP contribution in [-0.4, -0.2) is 49.5 Å². The summed E-state index contributed by atoms with van der Waals surface area (Å²) in [7, 11) is -3.88. The van der Waals surface area contributed by atoms with Gasteiger partial charge in [0, 0.05) is 0 Å². The summed E-state index contributed by atoms with van der Waals surface area (Å²) in [6.45, 7) is 3.16. The summed E-state index contributed by atoms with van der Waals surface area (Å²) in [5, 5.41) is 11.2. The van der Waals surface area contributed by atoms with E-state index < -0.39 is 34.0 Å². The molecule has 0 fully saturated rings. The largest absolute Gasteiger partial charge is 0.480 e. The molecule has 0 aliphatic carbocycles. The number of rotatable bonds is 9. The van der Waals surface area contributed by atoms with Crippen LogP contribution in [0, 0.1) is 6.92 Å². The Morgan fingerprint density at radius 1 is 1.25 bits per heavy atom. The number of nitrogens with one attached hydrogen (secondary N) is 2. The molecule has 1 amide bonds. The molecule has 1 rings (SSSR count). The highest BCUT2D eigenvalue weighted by atomic mass is 32.2. The van der Waals surface area contributed by atoms with Gasteiger partial charge in [-0.25, -0.2) is 8.42 Å². The van der Waals surface area contributed by atoms with E-state index in [-0.39, 0.29) is 11.3 Å². The minimum absolute atomic E-state index is 0.0568. The number of carboxylic acids is 1. The smallest absolute Gasteiger partial charge is 0.325 e. The van der Waals surface area contributed by atoms with E-state index >= 15 is 0 Å².